The fraction of sp³-hybridized carbons (Fsp3) is 0.115. The van der Waals surface area contributed by atoms with Gasteiger partial charge in [-0.15, -0.1) is 10.2 Å². The minimum atomic E-state index is -0.176. The number of aromatic nitrogens is 3. The molecule has 0 amide bonds. The highest BCUT2D eigenvalue weighted by molar-refractivity contribution is 7.15. The molecule has 0 fully saturated rings. The number of fused-ring (bicyclic) bond motifs is 1. The lowest BCUT2D eigenvalue weighted by molar-refractivity contribution is 0.306. The van der Waals surface area contributed by atoms with E-state index < -0.39 is 0 Å². The molecule has 7 nitrogen and oxygen atoms in total. The number of methoxy groups -OCH3 is 2. The molecular formula is C26H21N3O4S. The van der Waals surface area contributed by atoms with E-state index in [-0.39, 0.29) is 5.56 Å². The number of thiazole rings is 1. The summed E-state index contributed by atoms with van der Waals surface area (Å²) >= 11 is 1.29. The lowest BCUT2D eigenvalue weighted by atomic mass is 10.2. The van der Waals surface area contributed by atoms with Crippen LogP contribution in [0, 0.1) is 0 Å². The quantitative estimate of drug-likeness (QED) is 0.358. The SMILES string of the molecule is COc1ccc(-c2nnc3s/c(=C/c4cccc(OCc5ccccc5)c4)c(=O)n23)cc1OC. The second-order valence-corrected chi connectivity index (χ2v) is 8.48. The van der Waals surface area contributed by atoms with Gasteiger partial charge in [-0.2, -0.15) is 0 Å². The standard InChI is InChI=1S/C26H21N3O4S/c1-31-21-12-11-19(15-22(21)32-2)24-27-28-26-29(24)25(30)23(34-26)14-18-9-6-10-20(13-18)33-16-17-7-4-3-5-8-17/h3-15H,16H2,1-2H3/b23-14+. The van der Waals surface area contributed by atoms with Crippen molar-refractivity contribution in [2.45, 2.75) is 6.61 Å². The minimum absolute atomic E-state index is 0.176. The summed E-state index contributed by atoms with van der Waals surface area (Å²) in [5.41, 5.74) is 2.49. The maximum atomic E-state index is 13.2. The van der Waals surface area contributed by atoms with E-state index in [1.54, 1.807) is 26.4 Å². The van der Waals surface area contributed by atoms with Crippen molar-refractivity contribution in [3.63, 3.8) is 0 Å². The molecule has 5 rings (SSSR count). The van der Waals surface area contributed by atoms with Crippen LogP contribution in [0.5, 0.6) is 17.2 Å². The Morgan fingerprint density at radius 1 is 0.912 bits per heavy atom. The van der Waals surface area contributed by atoms with Crippen molar-refractivity contribution in [1.82, 2.24) is 14.6 Å². The van der Waals surface area contributed by atoms with Gasteiger partial charge in [0, 0.05) is 5.56 Å². The lowest BCUT2D eigenvalue weighted by Gasteiger charge is -2.08. The van der Waals surface area contributed by atoms with Crippen molar-refractivity contribution in [3.8, 4) is 28.6 Å². The zero-order valence-electron chi connectivity index (χ0n) is 18.6. The highest BCUT2D eigenvalue weighted by Gasteiger charge is 2.16. The van der Waals surface area contributed by atoms with Crippen LogP contribution in [0.15, 0.2) is 77.6 Å². The molecular weight excluding hydrogens is 450 g/mol. The number of benzene rings is 3. The zero-order chi connectivity index (χ0) is 23.5. The average molecular weight is 472 g/mol. The van der Waals surface area contributed by atoms with Gasteiger partial charge in [-0.05, 0) is 47.5 Å². The Morgan fingerprint density at radius 2 is 1.74 bits per heavy atom. The highest BCUT2D eigenvalue weighted by atomic mass is 32.1. The second kappa shape index (κ2) is 9.36. The number of rotatable bonds is 7. The van der Waals surface area contributed by atoms with E-state index in [9.17, 15) is 4.79 Å². The molecule has 0 saturated carbocycles. The van der Waals surface area contributed by atoms with E-state index in [1.807, 2.05) is 66.7 Å². The molecule has 0 aliphatic carbocycles. The molecule has 2 aromatic heterocycles. The van der Waals surface area contributed by atoms with E-state index in [1.165, 1.54) is 15.7 Å². The molecule has 170 valence electrons. The van der Waals surface area contributed by atoms with E-state index >= 15 is 0 Å². The first-order valence-corrected chi connectivity index (χ1v) is 11.4. The van der Waals surface area contributed by atoms with Crippen LogP contribution >= 0.6 is 11.3 Å². The third-order valence-corrected chi connectivity index (χ3v) is 6.25. The predicted octanol–water partition coefficient (Wildman–Crippen LogP) is 3.96. The molecule has 0 aliphatic rings. The van der Waals surface area contributed by atoms with E-state index in [4.69, 9.17) is 14.2 Å². The Labute approximate surface area is 199 Å². The molecule has 8 heteroatoms. The highest BCUT2D eigenvalue weighted by Crippen LogP contribution is 2.31. The third kappa shape index (κ3) is 4.23. The van der Waals surface area contributed by atoms with Gasteiger partial charge in [0.15, 0.2) is 17.3 Å². The molecule has 3 aromatic carbocycles. The summed E-state index contributed by atoms with van der Waals surface area (Å²) in [5, 5.41) is 8.44. The number of ether oxygens (including phenoxy) is 3. The van der Waals surface area contributed by atoms with Gasteiger partial charge in [-0.3, -0.25) is 4.79 Å². The maximum Gasteiger partial charge on any atom is 0.276 e. The molecule has 0 spiro atoms. The minimum Gasteiger partial charge on any atom is -0.493 e. The summed E-state index contributed by atoms with van der Waals surface area (Å²) in [6, 6.07) is 23.0. The van der Waals surface area contributed by atoms with Gasteiger partial charge in [0.2, 0.25) is 4.96 Å². The number of hydrogen-bond acceptors (Lipinski definition) is 7. The first-order valence-electron chi connectivity index (χ1n) is 10.5. The Hall–Kier alpha value is -4.17. The largest absolute Gasteiger partial charge is 0.493 e. The Morgan fingerprint density at radius 3 is 2.53 bits per heavy atom. The van der Waals surface area contributed by atoms with Gasteiger partial charge in [-0.1, -0.05) is 53.8 Å². The first kappa shape index (κ1) is 21.7. The summed E-state index contributed by atoms with van der Waals surface area (Å²) in [7, 11) is 3.14. The van der Waals surface area contributed by atoms with Crippen molar-refractivity contribution in [2.75, 3.05) is 14.2 Å². The Balaban J connectivity index is 1.48. The van der Waals surface area contributed by atoms with E-state index in [2.05, 4.69) is 10.2 Å². The van der Waals surface area contributed by atoms with Crippen molar-refractivity contribution < 1.29 is 14.2 Å². The molecule has 0 radical (unpaired) electrons. The molecule has 5 aromatic rings. The maximum absolute atomic E-state index is 13.2. The normalized spacial score (nSPS) is 11.6. The smallest absolute Gasteiger partial charge is 0.276 e. The van der Waals surface area contributed by atoms with Gasteiger partial charge in [-0.25, -0.2) is 4.40 Å². The van der Waals surface area contributed by atoms with Crippen molar-refractivity contribution >= 4 is 22.4 Å². The fourth-order valence-electron chi connectivity index (χ4n) is 3.61. The number of hydrogen-bond donors (Lipinski definition) is 0. The summed E-state index contributed by atoms with van der Waals surface area (Å²) in [6.45, 7) is 0.476. The second-order valence-electron chi connectivity index (χ2n) is 7.47. The van der Waals surface area contributed by atoms with Gasteiger partial charge in [0.1, 0.15) is 12.4 Å². The summed E-state index contributed by atoms with van der Waals surface area (Å²) in [5.74, 6) is 2.34. The first-order chi connectivity index (χ1) is 16.7. The lowest BCUT2D eigenvalue weighted by Crippen LogP contribution is -2.23. The summed E-state index contributed by atoms with van der Waals surface area (Å²) in [4.78, 5) is 13.8. The Bertz CT molecular complexity index is 1560. The molecule has 34 heavy (non-hydrogen) atoms. The van der Waals surface area contributed by atoms with Crippen LogP contribution in [-0.4, -0.2) is 28.8 Å². The Kier molecular flexibility index (Phi) is 5.97. The zero-order valence-corrected chi connectivity index (χ0v) is 19.4. The van der Waals surface area contributed by atoms with Crippen LogP contribution in [-0.2, 0) is 6.61 Å². The topological polar surface area (TPSA) is 75.0 Å². The molecule has 0 aliphatic heterocycles. The van der Waals surface area contributed by atoms with Crippen LogP contribution in [0.3, 0.4) is 0 Å². The molecule has 0 bridgehead atoms. The van der Waals surface area contributed by atoms with Crippen LogP contribution in [0.4, 0.5) is 0 Å². The summed E-state index contributed by atoms with van der Waals surface area (Å²) in [6.07, 6.45) is 1.84. The van der Waals surface area contributed by atoms with Gasteiger partial charge >= 0.3 is 0 Å². The monoisotopic (exact) mass is 471 g/mol. The van der Waals surface area contributed by atoms with E-state index in [0.717, 1.165) is 16.9 Å². The number of nitrogens with zero attached hydrogens (tertiary/aromatic N) is 3. The molecule has 0 saturated heterocycles. The van der Waals surface area contributed by atoms with E-state index in [0.29, 0.717) is 39.0 Å². The van der Waals surface area contributed by atoms with Crippen LogP contribution in [0.2, 0.25) is 0 Å². The van der Waals surface area contributed by atoms with Crippen molar-refractivity contribution in [3.05, 3.63) is 98.8 Å². The van der Waals surface area contributed by atoms with Gasteiger partial charge < -0.3 is 14.2 Å². The fourth-order valence-corrected chi connectivity index (χ4v) is 4.52. The average Bonchev–Trinajstić information content (AvgIpc) is 3.43. The van der Waals surface area contributed by atoms with Crippen LogP contribution < -0.4 is 24.3 Å². The molecule has 2 heterocycles. The van der Waals surface area contributed by atoms with Crippen molar-refractivity contribution in [1.29, 1.82) is 0 Å². The van der Waals surface area contributed by atoms with Gasteiger partial charge in [0.05, 0.1) is 18.8 Å². The van der Waals surface area contributed by atoms with Crippen LogP contribution in [0.25, 0.3) is 22.4 Å². The predicted molar refractivity (Wildman–Crippen MR) is 132 cm³/mol. The van der Waals surface area contributed by atoms with Gasteiger partial charge in [0.25, 0.3) is 5.56 Å². The molecule has 0 unspecified atom stereocenters. The van der Waals surface area contributed by atoms with Crippen LogP contribution in [0.1, 0.15) is 11.1 Å². The third-order valence-electron chi connectivity index (χ3n) is 5.29. The van der Waals surface area contributed by atoms with Crippen molar-refractivity contribution in [2.24, 2.45) is 0 Å². The molecule has 0 N–H and O–H groups in total. The molecule has 0 atom stereocenters. The summed E-state index contributed by atoms with van der Waals surface area (Å²) < 4.78 is 18.7.